The number of rotatable bonds is 2. The van der Waals surface area contributed by atoms with Crippen LogP contribution in [0, 0.1) is 22.7 Å². The molecule has 0 aromatic heterocycles. The van der Waals surface area contributed by atoms with Crippen molar-refractivity contribution in [1.82, 2.24) is 0 Å². The van der Waals surface area contributed by atoms with Gasteiger partial charge >= 0.3 is 0 Å². The second kappa shape index (κ2) is 7.14. The van der Waals surface area contributed by atoms with Gasteiger partial charge in [0, 0.05) is 17.3 Å². The summed E-state index contributed by atoms with van der Waals surface area (Å²) in [6.07, 6.45) is 2.75. The van der Waals surface area contributed by atoms with Crippen molar-refractivity contribution >= 4 is 5.78 Å². The summed E-state index contributed by atoms with van der Waals surface area (Å²) in [5, 5.41) is 56.4. The molecule has 0 radical (unpaired) electrons. The number of carbonyl (C=O) groups is 1. The summed E-state index contributed by atoms with van der Waals surface area (Å²) in [6.45, 7) is 9.77. The van der Waals surface area contributed by atoms with Crippen LogP contribution in [0.2, 0.25) is 0 Å². The van der Waals surface area contributed by atoms with E-state index >= 15 is 0 Å². The maximum Gasteiger partial charge on any atom is 0.187 e. The third-order valence-electron chi connectivity index (χ3n) is 11.1. The smallest absolute Gasteiger partial charge is 0.187 e. The molecule has 4 fully saturated rings. The van der Waals surface area contributed by atoms with Crippen LogP contribution in [0.25, 0.3) is 0 Å². The van der Waals surface area contributed by atoms with Crippen molar-refractivity contribution < 1.29 is 35.1 Å². The van der Waals surface area contributed by atoms with Gasteiger partial charge in [-0.05, 0) is 89.2 Å². The Labute approximate surface area is 202 Å². The second-order valence-electron chi connectivity index (χ2n) is 13.4. The largest absolute Gasteiger partial charge is 0.390 e. The van der Waals surface area contributed by atoms with Crippen molar-refractivity contribution in [1.29, 1.82) is 0 Å². The highest BCUT2D eigenvalue weighted by molar-refractivity contribution is 6.00. The first kappa shape index (κ1) is 24.8. The molecule has 0 aromatic rings. The van der Waals surface area contributed by atoms with Gasteiger partial charge in [-0.1, -0.05) is 13.8 Å². The molecule has 7 heteroatoms. The number of ketones is 1. The van der Waals surface area contributed by atoms with Gasteiger partial charge in [0.2, 0.25) is 0 Å². The molecule has 10 atom stereocenters. The van der Waals surface area contributed by atoms with Crippen molar-refractivity contribution in [3.8, 4) is 0 Å². The molecule has 0 bridgehead atoms. The van der Waals surface area contributed by atoms with E-state index in [1.54, 1.807) is 0 Å². The number of ether oxygens (including phenoxy) is 1. The molecule has 0 aromatic carbocycles. The number of hydrogen-bond donors (Lipinski definition) is 5. The number of carbonyl (C=O) groups excluding carboxylic acids is 1. The van der Waals surface area contributed by atoms with Gasteiger partial charge in [0.25, 0.3) is 0 Å². The lowest BCUT2D eigenvalue weighted by molar-refractivity contribution is -0.213. The standard InChI is InChI=1S/C27H42O7/c1-22(2)9-8-21(34-22)25(5,31)19-7-11-26(32)16-12-20(30)27(33)14-18(29)17(28)13-24(27,4)15(16)6-10-23(19,26)3/h12,15,17-19,21,28-29,31-33H,6-11,13-14H2,1-5H3/t15-,17-,18+,19-,21+,23+,24+,25+,26+,27+/m0/s1. The van der Waals surface area contributed by atoms with E-state index in [1.807, 2.05) is 34.6 Å². The fourth-order valence-electron chi connectivity index (χ4n) is 8.91. The van der Waals surface area contributed by atoms with Crippen LogP contribution in [0.4, 0.5) is 0 Å². The Bertz CT molecular complexity index is 926. The maximum atomic E-state index is 13.4. The summed E-state index contributed by atoms with van der Waals surface area (Å²) in [4.78, 5) is 13.4. The van der Waals surface area contributed by atoms with Gasteiger partial charge in [-0.15, -0.1) is 0 Å². The van der Waals surface area contributed by atoms with Gasteiger partial charge in [0.05, 0.1) is 35.1 Å². The van der Waals surface area contributed by atoms with Crippen LogP contribution in [0.15, 0.2) is 11.6 Å². The minimum absolute atomic E-state index is 0.0946. The lowest BCUT2D eigenvalue weighted by atomic mass is 9.44. The zero-order chi connectivity index (χ0) is 25.1. The molecular formula is C27H42O7. The van der Waals surface area contributed by atoms with E-state index in [4.69, 9.17) is 4.74 Å². The monoisotopic (exact) mass is 478 g/mol. The zero-order valence-electron chi connectivity index (χ0n) is 21.2. The highest BCUT2D eigenvalue weighted by Gasteiger charge is 2.72. The summed E-state index contributed by atoms with van der Waals surface area (Å²) >= 11 is 0. The summed E-state index contributed by atoms with van der Waals surface area (Å²) in [7, 11) is 0. The molecule has 1 saturated heterocycles. The van der Waals surface area contributed by atoms with E-state index in [1.165, 1.54) is 6.08 Å². The van der Waals surface area contributed by atoms with Crippen molar-refractivity contribution in [2.45, 2.75) is 127 Å². The Hall–Kier alpha value is -0.830. The third kappa shape index (κ3) is 2.94. The molecule has 0 spiro atoms. The summed E-state index contributed by atoms with van der Waals surface area (Å²) in [6, 6.07) is 0. The van der Waals surface area contributed by atoms with E-state index in [0.717, 1.165) is 12.8 Å². The summed E-state index contributed by atoms with van der Waals surface area (Å²) < 4.78 is 6.24. The fraction of sp³-hybridized carbons (Fsp3) is 0.889. The van der Waals surface area contributed by atoms with E-state index in [0.29, 0.717) is 31.3 Å². The first-order valence-electron chi connectivity index (χ1n) is 13.0. The molecule has 5 rings (SSSR count). The van der Waals surface area contributed by atoms with Crippen LogP contribution in [0.3, 0.4) is 0 Å². The van der Waals surface area contributed by atoms with Crippen molar-refractivity contribution in [2.75, 3.05) is 0 Å². The van der Waals surface area contributed by atoms with Crippen molar-refractivity contribution in [2.24, 2.45) is 22.7 Å². The number of fused-ring (bicyclic) bond motifs is 5. The molecule has 1 heterocycles. The Morgan fingerprint density at radius 2 is 1.56 bits per heavy atom. The molecular weight excluding hydrogens is 436 g/mol. The second-order valence-corrected chi connectivity index (χ2v) is 13.4. The third-order valence-corrected chi connectivity index (χ3v) is 11.1. The lowest BCUT2D eigenvalue weighted by Crippen LogP contribution is -2.69. The average molecular weight is 479 g/mol. The number of aliphatic hydroxyl groups excluding tert-OH is 2. The predicted molar refractivity (Wildman–Crippen MR) is 125 cm³/mol. The molecule has 7 nitrogen and oxygen atoms in total. The Morgan fingerprint density at radius 3 is 2.18 bits per heavy atom. The SMILES string of the molecule is CC1(C)CC[C@H]([C@](C)(O)[C@H]2CC[C@@]3(O)C4=CC(=O)[C@]5(O)C[C@@H](O)[C@@H](O)C[C@]5(C)[C@H]4CC[C@]23C)O1. The Balaban J connectivity index is 1.53. The molecule has 192 valence electrons. The molecule has 1 aliphatic heterocycles. The topological polar surface area (TPSA) is 127 Å². The van der Waals surface area contributed by atoms with Crippen LogP contribution in [-0.4, -0.2) is 72.0 Å². The highest BCUT2D eigenvalue weighted by atomic mass is 16.5. The minimum atomic E-state index is -1.77. The van der Waals surface area contributed by atoms with Gasteiger partial charge < -0.3 is 30.3 Å². The van der Waals surface area contributed by atoms with E-state index in [9.17, 15) is 30.3 Å². The molecule has 0 amide bonds. The average Bonchev–Trinajstić information content (AvgIpc) is 3.23. The van der Waals surface area contributed by atoms with Crippen molar-refractivity contribution in [3.63, 3.8) is 0 Å². The summed E-state index contributed by atoms with van der Waals surface area (Å²) in [5.74, 6) is -1.00. The number of hydrogen-bond acceptors (Lipinski definition) is 7. The molecule has 5 aliphatic rings. The van der Waals surface area contributed by atoms with E-state index in [2.05, 4.69) is 0 Å². The molecule has 5 N–H and O–H groups in total. The van der Waals surface area contributed by atoms with Crippen LogP contribution in [-0.2, 0) is 9.53 Å². The van der Waals surface area contributed by atoms with Gasteiger partial charge in [-0.25, -0.2) is 0 Å². The molecule has 3 saturated carbocycles. The van der Waals surface area contributed by atoms with Crippen LogP contribution >= 0.6 is 0 Å². The first-order valence-corrected chi connectivity index (χ1v) is 13.0. The predicted octanol–water partition coefficient (Wildman–Crippen LogP) is 2.01. The maximum absolute atomic E-state index is 13.4. The zero-order valence-corrected chi connectivity index (χ0v) is 21.2. The van der Waals surface area contributed by atoms with Crippen molar-refractivity contribution in [3.05, 3.63) is 11.6 Å². The van der Waals surface area contributed by atoms with Gasteiger partial charge in [-0.2, -0.15) is 0 Å². The van der Waals surface area contributed by atoms with E-state index in [-0.39, 0.29) is 36.4 Å². The van der Waals surface area contributed by atoms with Crippen LogP contribution in [0.1, 0.15) is 86.0 Å². The molecule has 0 unspecified atom stereocenters. The van der Waals surface area contributed by atoms with Crippen LogP contribution < -0.4 is 0 Å². The molecule has 34 heavy (non-hydrogen) atoms. The minimum Gasteiger partial charge on any atom is -0.390 e. The quantitative estimate of drug-likeness (QED) is 0.411. The molecule has 4 aliphatic carbocycles. The highest BCUT2D eigenvalue weighted by Crippen LogP contribution is 2.69. The van der Waals surface area contributed by atoms with Gasteiger partial charge in [0.1, 0.15) is 5.60 Å². The fourth-order valence-corrected chi connectivity index (χ4v) is 8.91. The Morgan fingerprint density at radius 1 is 0.912 bits per heavy atom. The normalized spacial score (nSPS) is 54.0. The summed E-state index contributed by atoms with van der Waals surface area (Å²) in [5.41, 5.74) is -5.48. The van der Waals surface area contributed by atoms with Gasteiger partial charge in [-0.3, -0.25) is 4.79 Å². The lowest BCUT2D eigenvalue weighted by Gasteiger charge is -2.62. The van der Waals surface area contributed by atoms with Crippen LogP contribution in [0.5, 0.6) is 0 Å². The first-order chi connectivity index (χ1) is 15.5. The Kier molecular flexibility index (Phi) is 5.22. The number of aliphatic hydroxyl groups is 5. The van der Waals surface area contributed by atoms with Gasteiger partial charge in [0.15, 0.2) is 5.78 Å². The van der Waals surface area contributed by atoms with E-state index < -0.39 is 45.6 Å².